The third-order valence-electron chi connectivity index (χ3n) is 4.44. The molecule has 0 spiro atoms. The highest BCUT2D eigenvalue weighted by Crippen LogP contribution is 2.42. The summed E-state index contributed by atoms with van der Waals surface area (Å²) in [5.41, 5.74) is 2.15. The highest BCUT2D eigenvalue weighted by Gasteiger charge is 2.42. The first-order valence-electron chi connectivity index (χ1n) is 7.96. The standard InChI is InChI=1S/C19H20ClNO2.ClH/c20-19(18(22)23,15-9-3-1-4-10-15)16-11-5-6-12-17(16)21-13-7-2-8-14-21;/h1,3-6,9-12H,2,7-8,13-14H2,(H,22,23);1H. The van der Waals surface area contributed by atoms with Crippen LogP contribution in [0.5, 0.6) is 0 Å². The van der Waals surface area contributed by atoms with Gasteiger partial charge in [0, 0.05) is 24.3 Å². The maximum atomic E-state index is 12.1. The van der Waals surface area contributed by atoms with Crippen molar-refractivity contribution in [2.24, 2.45) is 0 Å². The fourth-order valence-corrected chi connectivity index (χ4v) is 3.52. The number of carboxylic acids is 1. The van der Waals surface area contributed by atoms with Crippen molar-refractivity contribution in [3.63, 3.8) is 0 Å². The van der Waals surface area contributed by atoms with Gasteiger partial charge in [-0.2, -0.15) is 0 Å². The van der Waals surface area contributed by atoms with Crippen LogP contribution in [-0.4, -0.2) is 24.2 Å². The van der Waals surface area contributed by atoms with Gasteiger partial charge in [-0.15, -0.1) is 12.4 Å². The average Bonchev–Trinajstić information content (AvgIpc) is 2.62. The molecule has 1 aliphatic heterocycles. The summed E-state index contributed by atoms with van der Waals surface area (Å²) >= 11 is 6.72. The molecule has 1 unspecified atom stereocenters. The van der Waals surface area contributed by atoms with Gasteiger partial charge >= 0.3 is 5.97 Å². The Morgan fingerprint density at radius 2 is 1.54 bits per heavy atom. The zero-order valence-electron chi connectivity index (χ0n) is 13.3. The second-order valence-corrected chi connectivity index (χ2v) is 6.46. The number of carboxylic acid groups (broad SMARTS) is 1. The molecule has 1 atom stereocenters. The molecule has 2 aromatic carbocycles. The van der Waals surface area contributed by atoms with E-state index in [1.807, 2.05) is 42.5 Å². The number of carbonyl (C=O) groups is 1. The van der Waals surface area contributed by atoms with Gasteiger partial charge in [-0.3, -0.25) is 0 Å². The number of hydrogen-bond donors (Lipinski definition) is 1. The zero-order valence-corrected chi connectivity index (χ0v) is 14.9. The Morgan fingerprint density at radius 1 is 0.958 bits per heavy atom. The smallest absolute Gasteiger partial charge is 0.334 e. The van der Waals surface area contributed by atoms with Crippen LogP contribution in [0.4, 0.5) is 5.69 Å². The summed E-state index contributed by atoms with van der Waals surface area (Å²) in [5.74, 6) is -1.05. The van der Waals surface area contributed by atoms with E-state index in [9.17, 15) is 9.90 Å². The second kappa shape index (κ2) is 7.91. The maximum Gasteiger partial charge on any atom is 0.334 e. The normalized spacial score (nSPS) is 16.8. The van der Waals surface area contributed by atoms with Crippen LogP contribution in [0.2, 0.25) is 0 Å². The highest BCUT2D eigenvalue weighted by molar-refractivity contribution is 6.36. The number of benzene rings is 2. The molecule has 5 heteroatoms. The van der Waals surface area contributed by atoms with Crippen LogP contribution in [0.25, 0.3) is 0 Å². The van der Waals surface area contributed by atoms with Crippen molar-refractivity contribution in [2.45, 2.75) is 24.1 Å². The van der Waals surface area contributed by atoms with Crippen LogP contribution in [0.15, 0.2) is 54.6 Å². The van der Waals surface area contributed by atoms with Crippen molar-refractivity contribution in [2.75, 3.05) is 18.0 Å². The molecule has 3 rings (SSSR count). The summed E-state index contributed by atoms with van der Waals surface area (Å²) in [6.07, 6.45) is 3.48. The molecule has 0 bridgehead atoms. The van der Waals surface area contributed by atoms with Crippen LogP contribution < -0.4 is 4.90 Å². The lowest BCUT2D eigenvalue weighted by molar-refractivity contribution is -0.139. The Labute approximate surface area is 153 Å². The maximum absolute atomic E-state index is 12.1. The van der Waals surface area contributed by atoms with Crippen molar-refractivity contribution < 1.29 is 9.90 Å². The van der Waals surface area contributed by atoms with Gasteiger partial charge < -0.3 is 10.0 Å². The minimum atomic E-state index is -1.57. The Bertz CT molecular complexity index is 687. The Morgan fingerprint density at radius 3 is 2.17 bits per heavy atom. The SMILES string of the molecule is Cl.O=C(O)C(Cl)(c1ccccc1)c1ccccc1N1CCCCC1. The summed E-state index contributed by atoms with van der Waals surface area (Å²) in [7, 11) is 0. The first-order valence-corrected chi connectivity index (χ1v) is 8.34. The fourth-order valence-electron chi connectivity index (χ4n) is 3.24. The molecule has 0 radical (unpaired) electrons. The molecule has 0 aliphatic carbocycles. The van der Waals surface area contributed by atoms with E-state index in [4.69, 9.17) is 11.6 Å². The van der Waals surface area contributed by atoms with E-state index in [2.05, 4.69) is 4.90 Å². The van der Waals surface area contributed by atoms with Gasteiger partial charge in [0.2, 0.25) is 0 Å². The molecular weight excluding hydrogens is 345 g/mol. The minimum absolute atomic E-state index is 0. The molecule has 0 amide bonds. The van der Waals surface area contributed by atoms with E-state index >= 15 is 0 Å². The molecule has 1 N–H and O–H groups in total. The third-order valence-corrected chi connectivity index (χ3v) is 5.02. The van der Waals surface area contributed by atoms with Crippen molar-refractivity contribution in [3.8, 4) is 0 Å². The quantitative estimate of drug-likeness (QED) is 0.800. The fraction of sp³-hybridized carbons (Fsp3) is 0.316. The first kappa shape index (κ1) is 18.6. The molecule has 0 saturated carbocycles. The van der Waals surface area contributed by atoms with Crippen molar-refractivity contribution in [1.82, 2.24) is 0 Å². The number of anilines is 1. The molecule has 24 heavy (non-hydrogen) atoms. The van der Waals surface area contributed by atoms with Crippen molar-refractivity contribution in [1.29, 1.82) is 0 Å². The number of para-hydroxylation sites is 1. The number of piperidine rings is 1. The molecule has 1 aliphatic rings. The third kappa shape index (κ3) is 3.38. The number of halogens is 2. The van der Waals surface area contributed by atoms with Gasteiger partial charge in [0.15, 0.2) is 4.87 Å². The van der Waals surface area contributed by atoms with Crippen LogP contribution >= 0.6 is 24.0 Å². The lowest BCUT2D eigenvalue weighted by Gasteiger charge is -2.34. The topological polar surface area (TPSA) is 40.5 Å². The summed E-state index contributed by atoms with van der Waals surface area (Å²) in [6, 6.07) is 16.6. The molecule has 1 saturated heterocycles. The van der Waals surface area contributed by atoms with Gasteiger partial charge in [-0.1, -0.05) is 60.1 Å². The largest absolute Gasteiger partial charge is 0.479 e. The molecule has 0 aromatic heterocycles. The summed E-state index contributed by atoms with van der Waals surface area (Å²) in [5, 5.41) is 9.91. The van der Waals surface area contributed by atoms with E-state index in [-0.39, 0.29) is 12.4 Å². The Hall–Kier alpha value is -1.71. The van der Waals surface area contributed by atoms with Gasteiger partial charge in [0.1, 0.15) is 0 Å². The molecule has 128 valence electrons. The van der Waals surface area contributed by atoms with Gasteiger partial charge in [-0.05, 0) is 30.9 Å². The molecule has 1 fully saturated rings. The van der Waals surface area contributed by atoms with E-state index in [1.54, 1.807) is 12.1 Å². The number of rotatable bonds is 4. The predicted octanol–water partition coefficient (Wildman–Crippen LogP) is 4.67. The van der Waals surface area contributed by atoms with Crippen LogP contribution in [0.1, 0.15) is 30.4 Å². The van der Waals surface area contributed by atoms with E-state index in [0.717, 1.165) is 31.6 Å². The lowest BCUT2D eigenvalue weighted by atomic mass is 9.88. The highest BCUT2D eigenvalue weighted by atomic mass is 35.5. The van der Waals surface area contributed by atoms with Crippen LogP contribution in [-0.2, 0) is 9.67 Å². The van der Waals surface area contributed by atoms with Crippen molar-refractivity contribution >= 4 is 35.7 Å². The number of alkyl halides is 1. The number of nitrogens with zero attached hydrogens (tertiary/aromatic N) is 1. The van der Waals surface area contributed by atoms with Gasteiger partial charge in [0.05, 0.1) is 0 Å². The van der Waals surface area contributed by atoms with Gasteiger partial charge in [-0.25, -0.2) is 4.79 Å². The zero-order chi connectivity index (χ0) is 16.3. The number of hydrogen-bond acceptors (Lipinski definition) is 2. The summed E-state index contributed by atoms with van der Waals surface area (Å²) in [6.45, 7) is 1.89. The molecular formula is C19H21Cl2NO2. The Kier molecular flexibility index (Phi) is 6.14. The van der Waals surface area contributed by atoms with E-state index in [1.165, 1.54) is 6.42 Å². The lowest BCUT2D eigenvalue weighted by Crippen LogP contribution is -2.36. The molecule has 1 heterocycles. The van der Waals surface area contributed by atoms with Gasteiger partial charge in [0.25, 0.3) is 0 Å². The molecule has 3 nitrogen and oxygen atoms in total. The van der Waals surface area contributed by atoms with E-state index in [0.29, 0.717) is 11.1 Å². The monoisotopic (exact) mass is 365 g/mol. The number of aliphatic carboxylic acids is 1. The van der Waals surface area contributed by atoms with Crippen LogP contribution in [0.3, 0.4) is 0 Å². The van der Waals surface area contributed by atoms with Crippen LogP contribution in [0, 0.1) is 0 Å². The van der Waals surface area contributed by atoms with E-state index < -0.39 is 10.8 Å². The second-order valence-electron chi connectivity index (χ2n) is 5.89. The summed E-state index contributed by atoms with van der Waals surface area (Å²) < 4.78 is 0. The van der Waals surface area contributed by atoms with Crippen molar-refractivity contribution in [3.05, 3.63) is 65.7 Å². The predicted molar refractivity (Wildman–Crippen MR) is 100 cm³/mol. The molecule has 2 aromatic rings. The summed E-state index contributed by atoms with van der Waals surface area (Å²) in [4.78, 5) is 12.8. The average molecular weight is 366 g/mol. The minimum Gasteiger partial charge on any atom is -0.479 e. The first-order chi connectivity index (χ1) is 11.1. The Balaban J connectivity index is 0.00000208.